The molecule has 0 radical (unpaired) electrons. The normalized spacial score (nSPS) is 11.0. The van der Waals surface area contributed by atoms with Crippen molar-refractivity contribution in [1.82, 2.24) is 4.98 Å². The first-order valence-electron chi connectivity index (χ1n) is 7.27. The maximum atomic E-state index is 11.8. The van der Waals surface area contributed by atoms with Gasteiger partial charge in [0.25, 0.3) is 0 Å². The standard InChI is InChI=1S/C17H20BrN3O2/c1-17(2,3)23-16(22)21-13-7-4-6-12(10-13)19-11-14-8-5-9-15(18)20-14/h4-10,19H,11H2,1-3H3,(H,21,22). The molecule has 0 unspecified atom stereocenters. The summed E-state index contributed by atoms with van der Waals surface area (Å²) >= 11 is 3.35. The van der Waals surface area contributed by atoms with Crippen LogP contribution in [0.5, 0.6) is 0 Å². The molecule has 5 nitrogen and oxygen atoms in total. The number of halogens is 1. The lowest BCUT2D eigenvalue weighted by atomic mass is 10.2. The summed E-state index contributed by atoms with van der Waals surface area (Å²) in [5, 5.41) is 6.00. The Hall–Kier alpha value is -2.08. The fourth-order valence-corrected chi connectivity index (χ4v) is 2.25. The van der Waals surface area contributed by atoms with Gasteiger partial charge in [0.1, 0.15) is 10.2 Å². The molecule has 2 aromatic rings. The molecule has 23 heavy (non-hydrogen) atoms. The topological polar surface area (TPSA) is 63.2 Å². The number of rotatable bonds is 4. The summed E-state index contributed by atoms with van der Waals surface area (Å²) < 4.78 is 6.04. The monoisotopic (exact) mass is 377 g/mol. The van der Waals surface area contributed by atoms with E-state index in [9.17, 15) is 4.79 Å². The van der Waals surface area contributed by atoms with Crippen molar-refractivity contribution >= 4 is 33.4 Å². The van der Waals surface area contributed by atoms with Crippen LogP contribution in [0.15, 0.2) is 47.1 Å². The number of ether oxygens (including phenoxy) is 1. The summed E-state index contributed by atoms with van der Waals surface area (Å²) in [7, 11) is 0. The molecule has 0 fully saturated rings. The number of nitrogens with one attached hydrogen (secondary N) is 2. The Labute approximate surface area is 144 Å². The van der Waals surface area contributed by atoms with Crippen LogP contribution in [0.2, 0.25) is 0 Å². The number of benzene rings is 1. The average Bonchev–Trinajstić information content (AvgIpc) is 2.43. The van der Waals surface area contributed by atoms with E-state index in [-0.39, 0.29) is 0 Å². The molecular formula is C17H20BrN3O2. The number of anilines is 2. The Morgan fingerprint density at radius 3 is 2.57 bits per heavy atom. The fourth-order valence-electron chi connectivity index (χ4n) is 1.87. The summed E-state index contributed by atoms with van der Waals surface area (Å²) in [4.78, 5) is 16.2. The van der Waals surface area contributed by atoms with Crippen LogP contribution >= 0.6 is 15.9 Å². The minimum atomic E-state index is -0.522. The molecular weight excluding hydrogens is 358 g/mol. The highest BCUT2D eigenvalue weighted by atomic mass is 79.9. The minimum Gasteiger partial charge on any atom is -0.444 e. The van der Waals surface area contributed by atoms with E-state index in [1.54, 1.807) is 0 Å². The van der Waals surface area contributed by atoms with Gasteiger partial charge in [0.2, 0.25) is 0 Å². The van der Waals surface area contributed by atoms with Crippen molar-refractivity contribution < 1.29 is 9.53 Å². The van der Waals surface area contributed by atoms with Gasteiger partial charge >= 0.3 is 6.09 Å². The van der Waals surface area contributed by atoms with Gasteiger partial charge in [-0.1, -0.05) is 12.1 Å². The predicted octanol–water partition coefficient (Wildman–Crippen LogP) is 4.80. The third kappa shape index (κ3) is 6.28. The highest BCUT2D eigenvalue weighted by molar-refractivity contribution is 9.10. The molecule has 1 aromatic carbocycles. The predicted molar refractivity (Wildman–Crippen MR) is 95.6 cm³/mol. The molecule has 1 aromatic heterocycles. The first-order valence-corrected chi connectivity index (χ1v) is 8.06. The Bertz CT molecular complexity index is 684. The van der Waals surface area contributed by atoms with Crippen LogP contribution in [-0.2, 0) is 11.3 Å². The summed E-state index contributed by atoms with van der Waals surface area (Å²) in [6.45, 7) is 6.08. The smallest absolute Gasteiger partial charge is 0.412 e. The molecule has 2 N–H and O–H groups in total. The van der Waals surface area contributed by atoms with Gasteiger partial charge in [0.15, 0.2) is 0 Å². The largest absolute Gasteiger partial charge is 0.444 e. The lowest BCUT2D eigenvalue weighted by Crippen LogP contribution is -2.27. The molecule has 0 aliphatic rings. The molecule has 122 valence electrons. The third-order valence-corrected chi connectivity index (χ3v) is 3.20. The van der Waals surface area contributed by atoms with E-state index < -0.39 is 11.7 Å². The van der Waals surface area contributed by atoms with Crippen LogP contribution in [0, 0.1) is 0 Å². The molecule has 0 saturated carbocycles. The molecule has 2 rings (SSSR count). The first kappa shape index (κ1) is 17.3. The zero-order valence-electron chi connectivity index (χ0n) is 13.4. The molecule has 1 amide bonds. The first-order chi connectivity index (χ1) is 10.8. The van der Waals surface area contributed by atoms with E-state index in [1.807, 2.05) is 63.2 Å². The number of amides is 1. The molecule has 0 atom stereocenters. The SMILES string of the molecule is CC(C)(C)OC(=O)Nc1cccc(NCc2cccc(Br)n2)c1. The zero-order valence-corrected chi connectivity index (χ0v) is 15.0. The van der Waals surface area contributed by atoms with Gasteiger partial charge in [-0.2, -0.15) is 0 Å². The zero-order chi connectivity index (χ0) is 16.9. The van der Waals surface area contributed by atoms with E-state index in [1.165, 1.54) is 0 Å². The van der Waals surface area contributed by atoms with Gasteiger partial charge in [-0.25, -0.2) is 9.78 Å². The van der Waals surface area contributed by atoms with E-state index in [0.717, 1.165) is 16.0 Å². The van der Waals surface area contributed by atoms with E-state index in [2.05, 4.69) is 31.5 Å². The van der Waals surface area contributed by atoms with Crippen LogP contribution < -0.4 is 10.6 Å². The molecule has 0 aliphatic carbocycles. The number of nitrogens with zero attached hydrogens (tertiary/aromatic N) is 1. The number of pyridine rings is 1. The molecule has 1 heterocycles. The highest BCUT2D eigenvalue weighted by Crippen LogP contribution is 2.17. The van der Waals surface area contributed by atoms with Crippen LogP contribution in [-0.4, -0.2) is 16.7 Å². The van der Waals surface area contributed by atoms with Crippen molar-refractivity contribution in [3.05, 3.63) is 52.8 Å². The van der Waals surface area contributed by atoms with E-state index in [4.69, 9.17) is 4.74 Å². The van der Waals surface area contributed by atoms with Crippen LogP contribution in [0.4, 0.5) is 16.2 Å². The Morgan fingerprint density at radius 1 is 1.17 bits per heavy atom. The molecule has 0 bridgehead atoms. The van der Waals surface area contributed by atoms with Gasteiger partial charge in [0.05, 0.1) is 12.2 Å². The van der Waals surface area contributed by atoms with E-state index in [0.29, 0.717) is 12.2 Å². The second-order valence-corrected chi connectivity index (χ2v) is 6.83. The molecule has 0 aliphatic heterocycles. The Kier molecular flexibility index (Phi) is 5.60. The van der Waals surface area contributed by atoms with Crippen LogP contribution in [0.25, 0.3) is 0 Å². The Morgan fingerprint density at radius 2 is 1.87 bits per heavy atom. The summed E-state index contributed by atoms with van der Waals surface area (Å²) in [5.41, 5.74) is 1.96. The number of carbonyl (C=O) groups is 1. The van der Waals surface area contributed by atoms with Crippen molar-refractivity contribution in [1.29, 1.82) is 0 Å². The number of hydrogen-bond acceptors (Lipinski definition) is 4. The quantitative estimate of drug-likeness (QED) is 0.750. The van der Waals surface area contributed by atoms with Gasteiger partial charge in [0, 0.05) is 11.4 Å². The summed E-state index contributed by atoms with van der Waals surface area (Å²) in [6, 6.07) is 13.2. The molecule has 6 heteroatoms. The number of hydrogen-bond donors (Lipinski definition) is 2. The lowest BCUT2D eigenvalue weighted by molar-refractivity contribution is 0.0636. The highest BCUT2D eigenvalue weighted by Gasteiger charge is 2.16. The third-order valence-electron chi connectivity index (χ3n) is 2.75. The van der Waals surface area contributed by atoms with Gasteiger partial charge < -0.3 is 10.1 Å². The van der Waals surface area contributed by atoms with Crippen molar-refractivity contribution in [2.75, 3.05) is 10.6 Å². The van der Waals surface area contributed by atoms with E-state index >= 15 is 0 Å². The van der Waals surface area contributed by atoms with Crippen LogP contribution in [0.1, 0.15) is 26.5 Å². The minimum absolute atomic E-state index is 0.469. The summed E-state index contributed by atoms with van der Waals surface area (Å²) in [6.07, 6.45) is -0.469. The molecule has 0 spiro atoms. The maximum Gasteiger partial charge on any atom is 0.412 e. The number of carbonyl (C=O) groups excluding carboxylic acids is 1. The van der Waals surface area contributed by atoms with Gasteiger partial charge in [-0.15, -0.1) is 0 Å². The second-order valence-electron chi connectivity index (χ2n) is 6.01. The van der Waals surface area contributed by atoms with Gasteiger partial charge in [-0.3, -0.25) is 5.32 Å². The average molecular weight is 378 g/mol. The van der Waals surface area contributed by atoms with Crippen molar-refractivity contribution in [2.24, 2.45) is 0 Å². The van der Waals surface area contributed by atoms with Crippen molar-refractivity contribution in [3.63, 3.8) is 0 Å². The van der Waals surface area contributed by atoms with Crippen molar-refractivity contribution in [2.45, 2.75) is 32.9 Å². The second kappa shape index (κ2) is 7.46. The van der Waals surface area contributed by atoms with Crippen molar-refractivity contribution in [3.8, 4) is 0 Å². The van der Waals surface area contributed by atoms with Gasteiger partial charge in [-0.05, 0) is 67.0 Å². The van der Waals surface area contributed by atoms with Crippen LogP contribution in [0.3, 0.4) is 0 Å². The fraction of sp³-hybridized carbons (Fsp3) is 0.294. The lowest BCUT2D eigenvalue weighted by Gasteiger charge is -2.19. The maximum absolute atomic E-state index is 11.8. The summed E-state index contributed by atoms with van der Waals surface area (Å²) in [5.74, 6) is 0. The number of aromatic nitrogens is 1. The molecule has 0 saturated heterocycles. The Balaban J connectivity index is 1.95.